The first kappa shape index (κ1) is 14.5. The number of nitrogens with two attached hydrogens (primary N) is 1. The van der Waals surface area contributed by atoms with Gasteiger partial charge in [-0.2, -0.15) is 0 Å². The molecule has 2 heterocycles. The molecule has 0 bridgehead atoms. The molecular formula is C13H21N5O2. The van der Waals surface area contributed by atoms with Gasteiger partial charge in [0.1, 0.15) is 24.3 Å². The first-order valence-corrected chi connectivity index (χ1v) is 6.78. The number of ether oxygens (including phenoxy) is 1. The Bertz CT molecular complexity index is 474. The Kier molecular flexibility index (Phi) is 4.73. The standard InChI is InChI=1S/C13H21N5O2/c1-9(13(19)18-5-3-4-6-18)15-11-7-10(14)16-12(17-11)8-20-2/h7,9H,3-6,8H2,1-2H3,(H3,14,15,16,17). The van der Waals surface area contributed by atoms with Crippen molar-refractivity contribution in [2.45, 2.75) is 32.4 Å². The molecule has 20 heavy (non-hydrogen) atoms. The van der Waals surface area contributed by atoms with Gasteiger partial charge >= 0.3 is 0 Å². The van der Waals surface area contributed by atoms with E-state index in [1.165, 1.54) is 0 Å². The van der Waals surface area contributed by atoms with Crippen molar-refractivity contribution in [3.8, 4) is 0 Å². The molecule has 1 amide bonds. The number of nitrogens with zero attached hydrogens (tertiary/aromatic N) is 3. The molecule has 0 spiro atoms. The second-order valence-corrected chi connectivity index (χ2v) is 4.93. The quantitative estimate of drug-likeness (QED) is 0.821. The van der Waals surface area contributed by atoms with E-state index in [1.54, 1.807) is 13.2 Å². The summed E-state index contributed by atoms with van der Waals surface area (Å²) < 4.78 is 4.99. The lowest BCUT2D eigenvalue weighted by atomic mass is 10.3. The van der Waals surface area contributed by atoms with Crippen LogP contribution < -0.4 is 11.1 Å². The van der Waals surface area contributed by atoms with Crippen molar-refractivity contribution in [1.29, 1.82) is 0 Å². The number of likely N-dealkylation sites (tertiary alicyclic amines) is 1. The van der Waals surface area contributed by atoms with Crippen LogP contribution in [0.4, 0.5) is 11.6 Å². The summed E-state index contributed by atoms with van der Waals surface area (Å²) in [4.78, 5) is 22.4. The highest BCUT2D eigenvalue weighted by atomic mass is 16.5. The third-order valence-electron chi connectivity index (χ3n) is 3.22. The largest absolute Gasteiger partial charge is 0.384 e. The maximum Gasteiger partial charge on any atom is 0.244 e. The van der Waals surface area contributed by atoms with Crippen LogP contribution in [0.1, 0.15) is 25.6 Å². The van der Waals surface area contributed by atoms with E-state index in [9.17, 15) is 4.79 Å². The molecule has 0 saturated carbocycles. The molecule has 1 aliphatic rings. The van der Waals surface area contributed by atoms with Gasteiger partial charge in [0.05, 0.1) is 0 Å². The monoisotopic (exact) mass is 279 g/mol. The Morgan fingerprint density at radius 1 is 1.50 bits per heavy atom. The van der Waals surface area contributed by atoms with E-state index in [4.69, 9.17) is 10.5 Å². The minimum atomic E-state index is -0.335. The van der Waals surface area contributed by atoms with Gasteiger partial charge in [-0.25, -0.2) is 9.97 Å². The van der Waals surface area contributed by atoms with Crippen LogP contribution in [0.25, 0.3) is 0 Å². The highest BCUT2D eigenvalue weighted by Gasteiger charge is 2.23. The summed E-state index contributed by atoms with van der Waals surface area (Å²) in [6.45, 7) is 3.79. The minimum Gasteiger partial charge on any atom is -0.384 e. The molecule has 1 aliphatic heterocycles. The number of nitrogen functional groups attached to an aromatic ring is 1. The SMILES string of the molecule is COCc1nc(N)cc(NC(C)C(=O)N2CCCC2)n1. The zero-order chi connectivity index (χ0) is 14.5. The van der Waals surface area contributed by atoms with Gasteiger partial charge in [-0.15, -0.1) is 0 Å². The summed E-state index contributed by atoms with van der Waals surface area (Å²) in [5.74, 6) is 1.49. The van der Waals surface area contributed by atoms with E-state index in [0.717, 1.165) is 25.9 Å². The van der Waals surface area contributed by atoms with Crippen molar-refractivity contribution in [3.05, 3.63) is 11.9 Å². The smallest absolute Gasteiger partial charge is 0.244 e. The summed E-state index contributed by atoms with van der Waals surface area (Å²) >= 11 is 0. The van der Waals surface area contributed by atoms with E-state index in [2.05, 4.69) is 15.3 Å². The summed E-state index contributed by atoms with van der Waals surface area (Å²) in [5.41, 5.74) is 5.72. The number of nitrogens with one attached hydrogen (secondary N) is 1. The third kappa shape index (κ3) is 3.57. The van der Waals surface area contributed by atoms with E-state index < -0.39 is 0 Å². The zero-order valence-corrected chi connectivity index (χ0v) is 11.9. The predicted octanol–water partition coefficient (Wildman–Crippen LogP) is 0.628. The number of hydrogen-bond donors (Lipinski definition) is 2. The highest BCUT2D eigenvalue weighted by Crippen LogP contribution is 2.13. The number of carbonyl (C=O) groups excluding carboxylic acids is 1. The van der Waals surface area contributed by atoms with Gasteiger partial charge in [-0.1, -0.05) is 0 Å². The van der Waals surface area contributed by atoms with Crippen molar-refractivity contribution in [2.75, 3.05) is 31.2 Å². The molecule has 1 aromatic rings. The molecular weight excluding hydrogens is 258 g/mol. The molecule has 2 rings (SSSR count). The van der Waals surface area contributed by atoms with E-state index >= 15 is 0 Å². The van der Waals surface area contributed by atoms with Crippen LogP contribution in [-0.4, -0.2) is 47.0 Å². The number of methoxy groups -OCH3 is 1. The van der Waals surface area contributed by atoms with Gasteiger partial charge in [0.2, 0.25) is 5.91 Å². The molecule has 0 aromatic carbocycles. The minimum absolute atomic E-state index is 0.0907. The third-order valence-corrected chi connectivity index (χ3v) is 3.22. The van der Waals surface area contributed by atoms with Gasteiger partial charge in [-0.05, 0) is 19.8 Å². The fourth-order valence-electron chi connectivity index (χ4n) is 2.28. The number of hydrogen-bond acceptors (Lipinski definition) is 6. The van der Waals surface area contributed by atoms with Crippen LogP contribution >= 0.6 is 0 Å². The van der Waals surface area contributed by atoms with Gasteiger partial charge in [0, 0.05) is 26.3 Å². The Labute approximate surface area is 118 Å². The molecule has 7 nitrogen and oxygen atoms in total. The van der Waals surface area contributed by atoms with Gasteiger partial charge in [0.25, 0.3) is 0 Å². The fraction of sp³-hybridized carbons (Fsp3) is 0.615. The van der Waals surface area contributed by atoms with Crippen LogP contribution in [0.5, 0.6) is 0 Å². The number of rotatable bonds is 5. The average molecular weight is 279 g/mol. The lowest BCUT2D eigenvalue weighted by Crippen LogP contribution is -2.39. The second kappa shape index (κ2) is 6.51. The maximum absolute atomic E-state index is 12.2. The zero-order valence-electron chi connectivity index (χ0n) is 11.9. The summed E-state index contributed by atoms with van der Waals surface area (Å²) in [5, 5.41) is 3.08. The van der Waals surface area contributed by atoms with E-state index in [0.29, 0.717) is 17.5 Å². The molecule has 110 valence electrons. The number of carbonyl (C=O) groups is 1. The van der Waals surface area contributed by atoms with Crippen molar-refractivity contribution in [3.63, 3.8) is 0 Å². The normalized spacial score (nSPS) is 16.2. The van der Waals surface area contributed by atoms with Crippen LogP contribution in [0.3, 0.4) is 0 Å². The number of amides is 1. The van der Waals surface area contributed by atoms with Gasteiger partial charge < -0.3 is 20.7 Å². The van der Waals surface area contributed by atoms with E-state index in [1.807, 2.05) is 11.8 Å². The van der Waals surface area contributed by atoms with Crippen molar-refractivity contribution in [2.24, 2.45) is 0 Å². The van der Waals surface area contributed by atoms with Crippen LogP contribution in [-0.2, 0) is 16.1 Å². The van der Waals surface area contributed by atoms with E-state index in [-0.39, 0.29) is 18.6 Å². The fourth-order valence-corrected chi connectivity index (χ4v) is 2.28. The summed E-state index contributed by atoms with van der Waals surface area (Å²) in [7, 11) is 1.57. The van der Waals surface area contributed by atoms with Gasteiger partial charge in [-0.3, -0.25) is 4.79 Å². The lowest BCUT2D eigenvalue weighted by Gasteiger charge is -2.21. The molecule has 0 radical (unpaired) electrons. The van der Waals surface area contributed by atoms with Crippen molar-refractivity contribution >= 4 is 17.5 Å². The topological polar surface area (TPSA) is 93.4 Å². The second-order valence-electron chi connectivity index (χ2n) is 4.93. The molecule has 3 N–H and O–H groups in total. The average Bonchev–Trinajstić information content (AvgIpc) is 2.91. The highest BCUT2D eigenvalue weighted by molar-refractivity contribution is 5.84. The Hall–Kier alpha value is -1.89. The molecule has 7 heteroatoms. The molecule has 1 fully saturated rings. The van der Waals surface area contributed by atoms with Crippen molar-refractivity contribution in [1.82, 2.24) is 14.9 Å². The molecule has 1 aromatic heterocycles. The number of anilines is 2. The molecule has 1 saturated heterocycles. The molecule has 1 atom stereocenters. The van der Waals surface area contributed by atoms with Crippen LogP contribution in [0.15, 0.2) is 6.07 Å². The maximum atomic E-state index is 12.2. The van der Waals surface area contributed by atoms with Gasteiger partial charge in [0.15, 0.2) is 5.82 Å². The van der Waals surface area contributed by atoms with Crippen LogP contribution in [0, 0.1) is 0 Å². The Morgan fingerprint density at radius 2 is 2.20 bits per heavy atom. The summed E-state index contributed by atoms with van der Waals surface area (Å²) in [6.07, 6.45) is 2.16. The molecule has 1 unspecified atom stereocenters. The summed E-state index contributed by atoms with van der Waals surface area (Å²) in [6, 6.07) is 1.28. The first-order chi connectivity index (χ1) is 9.60. The van der Waals surface area contributed by atoms with Crippen molar-refractivity contribution < 1.29 is 9.53 Å². The molecule has 0 aliphatic carbocycles. The first-order valence-electron chi connectivity index (χ1n) is 6.78. The number of aromatic nitrogens is 2. The lowest BCUT2D eigenvalue weighted by molar-refractivity contribution is -0.130. The Morgan fingerprint density at radius 3 is 2.85 bits per heavy atom. The Balaban J connectivity index is 2.02. The van der Waals surface area contributed by atoms with Crippen LogP contribution in [0.2, 0.25) is 0 Å². The predicted molar refractivity (Wildman–Crippen MR) is 76.1 cm³/mol.